The third-order valence-electron chi connectivity index (χ3n) is 4.79. The summed E-state index contributed by atoms with van der Waals surface area (Å²) in [4.78, 5) is 29.1. The quantitative estimate of drug-likeness (QED) is 0.540. The number of rotatable bonds is 8. The molecule has 0 fully saturated rings. The molecule has 1 atom stereocenters. The van der Waals surface area contributed by atoms with Crippen LogP contribution in [0.1, 0.15) is 33.2 Å². The van der Waals surface area contributed by atoms with Gasteiger partial charge in [0, 0.05) is 37.3 Å². The maximum Gasteiger partial charge on any atom is 0.338 e. The molecule has 7 heteroatoms. The number of esters is 1. The second-order valence-corrected chi connectivity index (χ2v) is 6.99. The van der Waals surface area contributed by atoms with Gasteiger partial charge in [0.25, 0.3) is 5.91 Å². The number of benzene rings is 2. The van der Waals surface area contributed by atoms with E-state index in [9.17, 15) is 9.59 Å². The van der Waals surface area contributed by atoms with Gasteiger partial charge in [-0.3, -0.25) is 9.78 Å². The van der Waals surface area contributed by atoms with Gasteiger partial charge in [0.1, 0.15) is 6.61 Å². The van der Waals surface area contributed by atoms with E-state index >= 15 is 0 Å². The predicted octanol–water partition coefficient (Wildman–Crippen LogP) is 3.65. The monoisotopic (exact) mass is 419 g/mol. The molecular weight excluding hydrogens is 394 g/mol. The summed E-state index contributed by atoms with van der Waals surface area (Å²) in [5.74, 6) is -0.688. The Hall–Kier alpha value is -3.55. The van der Waals surface area contributed by atoms with E-state index in [0.29, 0.717) is 23.4 Å². The van der Waals surface area contributed by atoms with Crippen LogP contribution in [0.4, 0.5) is 5.69 Å². The highest BCUT2D eigenvalue weighted by molar-refractivity contribution is 6.05. The molecule has 0 saturated carbocycles. The van der Waals surface area contributed by atoms with E-state index in [-0.39, 0.29) is 18.6 Å². The maximum atomic E-state index is 12.7. The minimum atomic E-state index is -0.438. The van der Waals surface area contributed by atoms with E-state index in [0.717, 1.165) is 16.7 Å². The van der Waals surface area contributed by atoms with E-state index in [4.69, 9.17) is 15.2 Å². The van der Waals surface area contributed by atoms with Crippen molar-refractivity contribution in [2.24, 2.45) is 5.73 Å². The van der Waals surface area contributed by atoms with Crippen LogP contribution < -0.4 is 11.1 Å². The number of hydrogen-bond acceptors (Lipinski definition) is 6. The molecule has 1 heterocycles. The molecule has 0 aliphatic carbocycles. The predicted molar refractivity (Wildman–Crippen MR) is 119 cm³/mol. The SMILES string of the molecule is COC(C)COC(=O)c1cccc(-c2cc(C(=O)Nc3ccncc3)ccc2CN)c1. The number of amides is 1. The zero-order valence-electron chi connectivity index (χ0n) is 17.5. The number of nitrogens with zero attached hydrogens (tertiary/aromatic N) is 1. The van der Waals surface area contributed by atoms with Gasteiger partial charge < -0.3 is 20.5 Å². The molecule has 1 unspecified atom stereocenters. The third kappa shape index (κ3) is 5.75. The van der Waals surface area contributed by atoms with Crippen LogP contribution in [0, 0.1) is 0 Å². The fourth-order valence-corrected chi connectivity index (χ4v) is 2.96. The minimum Gasteiger partial charge on any atom is -0.459 e. The second-order valence-electron chi connectivity index (χ2n) is 6.99. The Morgan fingerprint density at radius 2 is 1.84 bits per heavy atom. The van der Waals surface area contributed by atoms with Crippen molar-refractivity contribution in [3.05, 3.63) is 83.7 Å². The van der Waals surface area contributed by atoms with Gasteiger partial charge in [-0.2, -0.15) is 0 Å². The molecule has 3 N–H and O–H groups in total. The largest absolute Gasteiger partial charge is 0.459 e. The van der Waals surface area contributed by atoms with Gasteiger partial charge in [-0.05, 0) is 60.0 Å². The summed E-state index contributed by atoms with van der Waals surface area (Å²) >= 11 is 0. The Balaban J connectivity index is 1.87. The minimum absolute atomic E-state index is 0.165. The lowest BCUT2D eigenvalue weighted by Gasteiger charge is -2.13. The molecule has 3 rings (SSSR count). The third-order valence-corrected chi connectivity index (χ3v) is 4.79. The van der Waals surface area contributed by atoms with Crippen LogP contribution in [-0.2, 0) is 16.0 Å². The van der Waals surface area contributed by atoms with Gasteiger partial charge in [0.15, 0.2) is 0 Å². The van der Waals surface area contributed by atoms with Crippen molar-refractivity contribution in [2.75, 3.05) is 19.0 Å². The molecule has 0 spiro atoms. The summed E-state index contributed by atoms with van der Waals surface area (Å²) in [7, 11) is 1.56. The van der Waals surface area contributed by atoms with Crippen LogP contribution in [0.5, 0.6) is 0 Å². The second kappa shape index (κ2) is 10.5. The van der Waals surface area contributed by atoms with Gasteiger partial charge in [0.2, 0.25) is 0 Å². The summed E-state index contributed by atoms with van der Waals surface area (Å²) in [6.07, 6.45) is 3.03. The lowest BCUT2D eigenvalue weighted by atomic mass is 9.95. The Morgan fingerprint density at radius 3 is 2.55 bits per heavy atom. The van der Waals surface area contributed by atoms with E-state index in [2.05, 4.69) is 10.3 Å². The van der Waals surface area contributed by atoms with Crippen molar-refractivity contribution < 1.29 is 19.1 Å². The summed E-state index contributed by atoms with van der Waals surface area (Å²) in [5.41, 5.74) is 9.88. The molecule has 0 radical (unpaired) electrons. The van der Waals surface area contributed by atoms with Crippen molar-refractivity contribution in [1.29, 1.82) is 0 Å². The number of pyridine rings is 1. The highest BCUT2D eigenvalue weighted by atomic mass is 16.6. The first-order valence-corrected chi connectivity index (χ1v) is 9.86. The standard InChI is InChI=1S/C24H25N3O4/c1-16(30-2)15-31-24(29)19-5-3-4-17(12-19)22-13-18(6-7-20(22)14-25)23(28)27-21-8-10-26-11-9-21/h3-13,16H,14-15,25H2,1-2H3,(H,26,27,28). The van der Waals surface area contributed by atoms with Gasteiger partial charge >= 0.3 is 5.97 Å². The Labute approximate surface area is 181 Å². The topological polar surface area (TPSA) is 104 Å². The van der Waals surface area contributed by atoms with E-state index in [1.54, 1.807) is 62.0 Å². The van der Waals surface area contributed by atoms with Crippen LogP contribution in [0.3, 0.4) is 0 Å². The zero-order chi connectivity index (χ0) is 22.2. The molecule has 0 aliphatic heterocycles. The van der Waals surface area contributed by atoms with Gasteiger partial charge in [0.05, 0.1) is 11.7 Å². The molecule has 31 heavy (non-hydrogen) atoms. The lowest BCUT2D eigenvalue weighted by Crippen LogP contribution is -2.17. The first-order chi connectivity index (χ1) is 15.0. The normalized spacial score (nSPS) is 11.6. The van der Waals surface area contributed by atoms with Crippen molar-refractivity contribution >= 4 is 17.6 Å². The smallest absolute Gasteiger partial charge is 0.338 e. The number of nitrogens with two attached hydrogens (primary N) is 1. The first kappa shape index (κ1) is 22.1. The van der Waals surface area contributed by atoms with Crippen LogP contribution >= 0.6 is 0 Å². The first-order valence-electron chi connectivity index (χ1n) is 9.86. The van der Waals surface area contributed by atoms with Crippen molar-refractivity contribution in [3.8, 4) is 11.1 Å². The molecule has 3 aromatic rings. The van der Waals surface area contributed by atoms with Crippen LogP contribution in [0.25, 0.3) is 11.1 Å². The average Bonchev–Trinajstić information content (AvgIpc) is 2.82. The molecule has 0 saturated heterocycles. The van der Waals surface area contributed by atoms with Crippen molar-refractivity contribution in [1.82, 2.24) is 4.98 Å². The summed E-state index contributed by atoms with van der Waals surface area (Å²) in [5, 5.41) is 2.84. The Kier molecular flexibility index (Phi) is 7.48. The molecule has 0 aliphatic rings. The number of methoxy groups -OCH3 is 1. The summed E-state index contributed by atoms with van der Waals surface area (Å²) < 4.78 is 10.4. The molecular formula is C24H25N3O4. The molecule has 160 valence electrons. The van der Waals surface area contributed by atoms with E-state index < -0.39 is 5.97 Å². The fourth-order valence-electron chi connectivity index (χ4n) is 2.96. The van der Waals surface area contributed by atoms with Crippen LogP contribution in [-0.4, -0.2) is 36.7 Å². The Morgan fingerprint density at radius 1 is 1.06 bits per heavy atom. The molecule has 1 amide bonds. The zero-order valence-corrected chi connectivity index (χ0v) is 17.5. The number of hydrogen-bond donors (Lipinski definition) is 2. The van der Waals surface area contributed by atoms with Crippen molar-refractivity contribution in [3.63, 3.8) is 0 Å². The number of carbonyl (C=O) groups excluding carboxylic acids is 2. The molecule has 0 bridgehead atoms. The fraction of sp³-hybridized carbons (Fsp3) is 0.208. The Bertz CT molecular complexity index is 1050. The summed E-state index contributed by atoms with van der Waals surface area (Å²) in [6.45, 7) is 2.28. The number of ether oxygens (including phenoxy) is 2. The number of anilines is 1. The molecule has 2 aromatic carbocycles. The van der Waals surface area contributed by atoms with Crippen LogP contribution in [0.15, 0.2) is 67.0 Å². The van der Waals surface area contributed by atoms with Crippen LogP contribution in [0.2, 0.25) is 0 Å². The summed E-state index contributed by atoms with van der Waals surface area (Å²) in [6, 6.07) is 15.8. The van der Waals surface area contributed by atoms with E-state index in [1.807, 2.05) is 19.1 Å². The van der Waals surface area contributed by atoms with Gasteiger partial charge in [-0.15, -0.1) is 0 Å². The highest BCUT2D eigenvalue weighted by Gasteiger charge is 2.14. The maximum absolute atomic E-state index is 12.7. The number of nitrogens with one attached hydrogen (secondary N) is 1. The van der Waals surface area contributed by atoms with Crippen molar-refractivity contribution in [2.45, 2.75) is 19.6 Å². The molecule has 1 aromatic heterocycles. The lowest BCUT2D eigenvalue weighted by molar-refractivity contribution is 0.0169. The number of carbonyl (C=O) groups is 2. The van der Waals surface area contributed by atoms with E-state index in [1.165, 1.54) is 0 Å². The van der Waals surface area contributed by atoms with Gasteiger partial charge in [-0.25, -0.2) is 4.79 Å². The molecule has 7 nitrogen and oxygen atoms in total. The number of aromatic nitrogens is 1. The van der Waals surface area contributed by atoms with Gasteiger partial charge in [-0.1, -0.05) is 18.2 Å². The average molecular weight is 419 g/mol. The highest BCUT2D eigenvalue weighted by Crippen LogP contribution is 2.27.